The first-order valence-corrected chi connectivity index (χ1v) is 5.98. The number of urea groups is 1. The molecule has 4 N–H and O–H groups in total. The van der Waals surface area contributed by atoms with Gasteiger partial charge in [0.25, 0.3) is 0 Å². The molecular formula is C13H16N6O. The molecule has 0 bridgehead atoms. The molecule has 1 heterocycles. The van der Waals surface area contributed by atoms with Gasteiger partial charge in [0.1, 0.15) is 5.82 Å². The molecule has 1 aromatic heterocycles. The number of carbonyl (C=O) groups excluding carboxylic acids is 1. The largest absolute Gasteiger partial charge is 0.378 e. The van der Waals surface area contributed by atoms with E-state index in [4.69, 9.17) is 5.73 Å². The highest BCUT2D eigenvalue weighted by atomic mass is 16.2. The Kier molecular flexibility index (Phi) is 3.99. The number of hydrogen-bond acceptors (Lipinski definition) is 5. The van der Waals surface area contributed by atoms with E-state index in [1.807, 2.05) is 43.3 Å². The summed E-state index contributed by atoms with van der Waals surface area (Å²) in [5, 5.41) is 5.45. The number of anilines is 4. The second kappa shape index (κ2) is 5.87. The fraction of sp³-hybridized carbons (Fsp3) is 0.154. The highest BCUT2D eigenvalue weighted by Crippen LogP contribution is 2.18. The fourth-order valence-electron chi connectivity index (χ4n) is 1.59. The second-order valence-corrected chi connectivity index (χ2v) is 4.32. The number of nitrogens with one attached hydrogen (secondary N) is 2. The first-order valence-electron chi connectivity index (χ1n) is 5.98. The van der Waals surface area contributed by atoms with Crippen LogP contribution in [0.5, 0.6) is 0 Å². The van der Waals surface area contributed by atoms with Gasteiger partial charge in [0.15, 0.2) is 0 Å². The van der Waals surface area contributed by atoms with Gasteiger partial charge in [-0.3, -0.25) is 5.32 Å². The van der Waals surface area contributed by atoms with Crippen LogP contribution in [-0.2, 0) is 0 Å². The Bertz CT molecular complexity index is 596. The lowest BCUT2D eigenvalue weighted by atomic mass is 10.2. The van der Waals surface area contributed by atoms with E-state index >= 15 is 0 Å². The van der Waals surface area contributed by atoms with Crippen LogP contribution < -0.4 is 21.3 Å². The quantitative estimate of drug-likeness (QED) is 0.788. The molecular weight excluding hydrogens is 256 g/mol. The Morgan fingerprint density at radius 3 is 2.50 bits per heavy atom. The van der Waals surface area contributed by atoms with Crippen LogP contribution in [0.3, 0.4) is 0 Å². The Hall–Kier alpha value is -2.83. The topological polar surface area (TPSA) is 96.2 Å². The van der Waals surface area contributed by atoms with Gasteiger partial charge in [0.2, 0.25) is 5.95 Å². The van der Waals surface area contributed by atoms with E-state index in [1.165, 1.54) is 6.20 Å². The van der Waals surface area contributed by atoms with E-state index in [2.05, 4.69) is 20.6 Å². The van der Waals surface area contributed by atoms with Crippen LogP contribution in [0.1, 0.15) is 0 Å². The summed E-state index contributed by atoms with van der Waals surface area (Å²) in [5.41, 5.74) is 6.99. The molecule has 2 aromatic rings. The maximum atomic E-state index is 10.8. The summed E-state index contributed by atoms with van der Waals surface area (Å²) in [4.78, 5) is 21.0. The standard InChI is InChI=1S/C13H16N6O/c1-19(2)10-5-3-9(4-6-10)16-13-15-8-7-11(18-13)17-12(14)20/h3-8H,1-2H3,(H4,14,15,16,17,18,20). The third-order valence-electron chi connectivity index (χ3n) is 2.55. The van der Waals surface area contributed by atoms with E-state index in [0.29, 0.717) is 11.8 Å². The number of aromatic nitrogens is 2. The van der Waals surface area contributed by atoms with Crippen LogP contribution in [0.25, 0.3) is 0 Å². The summed E-state index contributed by atoms with van der Waals surface area (Å²) in [6.45, 7) is 0. The lowest BCUT2D eigenvalue weighted by Crippen LogP contribution is -2.20. The summed E-state index contributed by atoms with van der Waals surface area (Å²) >= 11 is 0. The predicted molar refractivity (Wildman–Crippen MR) is 79.3 cm³/mol. The minimum absolute atomic E-state index is 0.347. The summed E-state index contributed by atoms with van der Waals surface area (Å²) in [7, 11) is 3.95. The number of nitrogens with two attached hydrogens (primary N) is 1. The molecule has 7 nitrogen and oxygen atoms in total. The minimum atomic E-state index is -0.662. The number of primary amides is 1. The Balaban J connectivity index is 2.11. The van der Waals surface area contributed by atoms with Crippen LogP contribution in [0.4, 0.5) is 27.9 Å². The van der Waals surface area contributed by atoms with Crippen molar-refractivity contribution in [2.24, 2.45) is 5.73 Å². The third-order valence-corrected chi connectivity index (χ3v) is 2.55. The molecule has 0 fully saturated rings. The molecule has 0 aliphatic carbocycles. The number of carbonyl (C=O) groups is 1. The summed E-state index contributed by atoms with van der Waals surface area (Å²) in [5.74, 6) is 0.730. The van der Waals surface area contributed by atoms with E-state index in [-0.39, 0.29) is 0 Å². The average Bonchev–Trinajstić information content (AvgIpc) is 2.39. The summed E-state index contributed by atoms with van der Waals surface area (Å²) in [6.07, 6.45) is 1.54. The zero-order valence-corrected chi connectivity index (χ0v) is 11.3. The highest BCUT2D eigenvalue weighted by Gasteiger charge is 2.02. The van der Waals surface area contributed by atoms with Crippen molar-refractivity contribution in [1.82, 2.24) is 9.97 Å². The van der Waals surface area contributed by atoms with Crippen molar-refractivity contribution in [3.05, 3.63) is 36.5 Å². The minimum Gasteiger partial charge on any atom is -0.378 e. The smallest absolute Gasteiger partial charge is 0.317 e. The van der Waals surface area contributed by atoms with Crippen molar-refractivity contribution in [1.29, 1.82) is 0 Å². The molecule has 0 radical (unpaired) electrons. The highest BCUT2D eigenvalue weighted by molar-refractivity contribution is 5.86. The van der Waals surface area contributed by atoms with Gasteiger partial charge in [-0.1, -0.05) is 0 Å². The van der Waals surface area contributed by atoms with Crippen molar-refractivity contribution >= 4 is 29.2 Å². The molecule has 2 rings (SSSR count). The first kappa shape index (κ1) is 13.6. The normalized spacial score (nSPS) is 9.90. The van der Waals surface area contributed by atoms with Gasteiger partial charge < -0.3 is 16.0 Å². The third kappa shape index (κ3) is 3.58. The Morgan fingerprint density at radius 2 is 1.90 bits per heavy atom. The lowest BCUT2D eigenvalue weighted by Gasteiger charge is -2.13. The van der Waals surface area contributed by atoms with Crippen LogP contribution in [0.2, 0.25) is 0 Å². The van der Waals surface area contributed by atoms with Gasteiger partial charge in [-0.25, -0.2) is 9.78 Å². The molecule has 0 saturated carbocycles. The Labute approximate surface area is 116 Å². The molecule has 0 atom stereocenters. The molecule has 2 amide bonds. The van der Waals surface area contributed by atoms with Crippen molar-refractivity contribution < 1.29 is 4.79 Å². The first-order chi connectivity index (χ1) is 9.54. The number of nitrogens with zero attached hydrogens (tertiary/aromatic N) is 3. The van der Waals surface area contributed by atoms with E-state index in [1.54, 1.807) is 6.07 Å². The van der Waals surface area contributed by atoms with E-state index < -0.39 is 6.03 Å². The fourth-order valence-corrected chi connectivity index (χ4v) is 1.59. The molecule has 0 spiro atoms. The second-order valence-electron chi connectivity index (χ2n) is 4.32. The van der Waals surface area contributed by atoms with Crippen molar-refractivity contribution in [2.75, 3.05) is 29.6 Å². The van der Waals surface area contributed by atoms with Gasteiger partial charge in [0.05, 0.1) is 0 Å². The molecule has 0 aliphatic rings. The molecule has 7 heteroatoms. The van der Waals surface area contributed by atoms with Crippen LogP contribution in [-0.4, -0.2) is 30.1 Å². The molecule has 20 heavy (non-hydrogen) atoms. The molecule has 0 aliphatic heterocycles. The van der Waals surface area contributed by atoms with E-state index in [9.17, 15) is 4.79 Å². The molecule has 1 aromatic carbocycles. The number of amides is 2. The number of hydrogen-bond donors (Lipinski definition) is 3. The average molecular weight is 272 g/mol. The Morgan fingerprint density at radius 1 is 1.20 bits per heavy atom. The van der Waals surface area contributed by atoms with Crippen molar-refractivity contribution in [2.45, 2.75) is 0 Å². The summed E-state index contributed by atoms with van der Waals surface area (Å²) < 4.78 is 0. The van der Waals surface area contributed by atoms with Crippen LogP contribution in [0.15, 0.2) is 36.5 Å². The maximum absolute atomic E-state index is 10.8. The van der Waals surface area contributed by atoms with Gasteiger partial charge in [0, 0.05) is 31.7 Å². The van der Waals surface area contributed by atoms with Gasteiger partial charge in [-0.15, -0.1) is 0 Å². The van der Waals surface area contributed by atoms with Gasteiger partial charge in [-0.05, 0) is 30.3 Å². The zero-order valence-electron chi connectivity index (χ0n) is 11.3. The van der Waals surface area contributed by atoms with Crippen molar-refractivity contribution in [3.63, 3.8) is 0 Å². The van der Waals surface area contributed by atoms with E-state index in [0.717, 1.165) is 11.4 Å². The van der Waals surface area contributed by atoms with Crippen LogP contribution in [0, 0.1) is 0 Å². The lowest BCUT2D eigenvalue weighted by molar-refractivity contribution is 0.259. The summed E-state index contributed by atoms with van der Waals surface area (Å²) in [6, 6.07) is 8.71. The monoisotopic (exact) mass is 272 g/mol. The molecule has 0 unspecified atom stereocenters. The SMILES string of the molecule is CN(C)c1ccc(Nc2nccc(NC(N)=O)n2)cc1. The number of rotatable bonds is 4. The van der Waals surface area contributed by atoms with Crippen LogP contribution >= 0.6 is 0 Å². The molecule has 104 valence electrons. The predicted octanol–water partition coefficient (Wildman–Crippen LogP) is 1.78. The van der Waals surface area contributed by atoms with Gasteiger partial charge in [-0.2, -0.15) is 4.98 Å². The maximum Gasteiger partial charge on any atom is 0.317 e. The van der Waals surface area contributed by atoms with Crippen molar-refractivity contribution in [3.8, 4) is 0 Å². The van der Waals surface area contributed by atoms with Gasteiger partial charge >= 0.3 is 6.03 Å². The zero-order chi connectivity index (χ0) is 14.5. The number of benzene rings is 1. The molecule has 0 saturated heterocycles.